The lowest BCUT2D eigenvalue weighted by molar-refractivity contribution is 0.0696. The van der Waals surface area contributed by atoms with Gasteiger partial charge in [-0.3, -0.25) is 4.98 Å². The minimum absolute atomic E-state index is 0.210. The molecule has 0 saturated heterocycles. The molecule has 0 saturated carbocycles. The molecule has 18 heavy (non-hydrogen) atoms. The lowest BCUT2D eigenvalue weighted by Crippen LogP contribution is -2.20. The molecule has 0 fully saturated rings. The Labute approximate surface area is 107 Å². The van der Waals surface area contributed by atoms with Gasteiger partial charge in [0.2, 0.25) is 0 Å². The van der Waals surface area contributed by atoms with Crippen LogP contribution in [-0.2, 0) is 11.3 Å². The molecular weight excluding hydrogens is 232 g/mol. The van der Waals surface area contributed by atoms with Crippen molar-refractivity contribution in [3.05, 3.63) is 29.6 Å². The smallest absolute Gasteiger partial charge is 0.337 e. The van der Waals surface area contributed by atoms with E-state index in [4.69, 9.17) is 9.84 Å². The van der Waals surface area contributed by atoms with Crippen molar-refractivity contribution in [3.8, 4) is 0 Å². The molecule has 1 heterocycles. The van der Waals surface area contributed by atoms with Gasteiger partial charge in [-0.2, -0.15) is 0 Å². The Hall–Kier alpha value is -1.46. The first-order valence-electron chi connectivity index (χ1n) is 6.20. The van der Waals surface area contributed by atoms with Gasteiger partial charge in [0, 0.05) is 25.9 Å². The number of carbonyl (C=O) groups is 1. The third-order valence-corrected chi connectivity index (χ3v) is 2.44. The summed E-state index contributed by atoms with van der Waals surface area (Å²) >= 11 is 0. The highest BCUT2D eigenvalue weighted by molar-refractivity contribution is 5.87. The number of nitrogens with zero attached hydrogens (tertiary/aromatic N) is 1. The predicted molar refractivity (Wildman–Crippen MR) is 68.6 cm³/mol. The van der Waals surface area contributed by atoms with Crippen molar-refractivity contribution in [3.63, 3.8) is 0 Å². The second-order valence-electron chi connectivity index (χ2n) is 3.99. The fraction of sp³-hybridized carbons (Fsp3) is 0.538. The monoisotopic (exact) mass is 252 g/mol. The first-order chi connectivity index (χ1) is 8.74. The van der Waals surface area contributed by atoms with Crippen molar-refractivity contribution in [2.24, 2.45) is 0 Å². The summed E-state index contributed by atoms with van der Waals surface area (Å²) in [5.74, 6) is -0.952. The van der Waals surface area contributed by atoms with E-state index in [1.807, 2.05) is 0 Å². The number of ether oxygens (including phenoxy) is 1. The van der Waals surface area contributed by atoms with Gasteiger partial charge in [-0.25, -0.2) is 4.79 Å². The molecular formula is C13H20N2O3. The highest BCUT2D eigenvalue weighted by Crippen LogP contribution is 1.99. The molecule has 0 amide bonds. The Bertz CT molecular complexity index is 352. The number of aromatic nitrogens is 1. The molecule has 5 heteroatoms. The van der Waals surface area contributed by atoms with E-state index in [1.54, 1.807) is 12.1 Å². The third kappa shape index (κ3) is 5.75. The van der Waals surface area contributed by atoms with Crippen LogP contribution in [0.5, 0.6) is 0 Å². The van der Waals surface area contributed by atoms with Crippen LogP contribution in [0.25, 0.3) is 0 Å². The zero-order valence-corrected chi connectivity index (χ0v) is 10.7. The van der Waals surface area contributed by atoms with E-state index in [-0.39, 0.29) is 5.56 Å². The zero-order valence-electron chi connectivity index (χ0n) is 10.7. The van der Waals surface area contributed by atoms with E-state index in [1.165, 1.54) is 6.20 Å². The van der Waals surface area contributed by atoms with E-state index < -0.39 is 5.97 Å². The summed E-state index contributed by atoms with van der Waals surface area (Å²) in [5.41, 5.74) is 1.04. The van der Waals surface area contributed by atoms with Crippen LogP contribution >= 0.6 is 0 Å². The number of hydrogen-bond acceptors (Lipinski definition) is 4. The lowest BCUT2D eigenvalue weighted by Gasteiger charge is -2.05. The molecule has 0 bridgehead atoms. The van der Waals surface area contributed by atoms with Crippen LogP contribution in [-0.4, -0.2) is 35.8 Å². The van der Waals surface area contributed by atoms with Crippen molar-refractivity contribution in [1.29, 1.82) is 0 Å². The first kappa shape index (κ1) is 14.6. The SMILES string of the molecule is CCCCOCCNCc1ccc(C(=O)O)cn1. The molecule has 0 radical (unpaired) electrons. The minimum Gasteiger partial charge on any atom is -0.478 e. The van der Waals surface area contributed by atoms with Crippen molar-refractivity contribution < 1.29 is 14.6 Å². The summed E-state index contributed by atoms with van der Waals surface area (Å²) in [4.78, 5) is 14.7. The van der Waals surface area contributed by atoms with E-state index >= 15 is 0 Å². The molecule has 0 aromatic carbocycles. The van der Waals surface area contributed by atoms with Crippen LogP contribution in [0.2, 0.25) is 0 Å². The van der Waals surface area contributed by atoms with Crippen LogP contribution < -0.4 is 5.32 Å². The molecule has 5 nitrogen and oxygen atoms in total. The van der Waals surface area contributed by atoms with Gasteiger partial charge in [0.15, 0.2) is 0 Å². The van der Waals surface area contributed by atoms with Crippen molar-refractivity contribution >= 4 is 5.97 Å². The summed E-state index contributed by atoms with van der Waals surface area (Å²) < 4.78 is 5.40. The summed E-state index contributed by atoms with van der Waals surface area (Å²) in [5, 5.41) is 11.9. The maximum atomic E-state index is 10.6. The standard InChI is InChI=1S/C13H20N2O3/c1-2-3-7-18-8-6-14-10-12-5-4-11(9-15-12)13(16)17/h4-5,9,14H,2-3,6-8,10H2,1H3,(H,16,17). The molecule has 0 atom stereocenters. The topological polar surface area (TPSA) is 71.5 Å². The van der Waals surface area contributed by atoms with Gasteiger partial charge in [-0.1, -0.05) is 13.3 Å². The second kappa shape index (κ2) is 8.60. The van der Waals surface area contributed by atoms with Crippen LogP contribution in [0.15, 0.2) is 18.3 Å². The first-order valence-corrected chi connectivity index (χ1v) is 6.20. The number of rotatable bonds is 9. The largest absolute Gasteiger partial charge is 0.478 e. The van der Waals surface area contributed by atoms with Gasteiger partial charge in [-0.05, 0) is 18.6 Å². The number of hydrogen-bond donors (Lipinski definition) is 2. The molecule has 1 rings (SSSR count). The average molecular weight is 252 g/mol. The number of pyridine rings is 1. The summed E-state index contributed by atoms with van der Waals surface area (Å²) in [7, 11) is 0. The second-order valence-corrected chi connectivity index (χ2v) is 3.99. The lowest BCUT2D eigenvalue weighted by atomic mass is 10.2. The van der Waals surface area contributed by atoms with Crippen LogP contribution in [0.4, 0.5) is 0 Å². The molecule has 0 aliphatic heterocycles. The Morgan fingerprint density at radius 3 is 2.89 bits per heavy atom. The Kier molecular flexibility index (Phi) is 6.98. The van der Waals surface area contributed by atoms with Crippen molar-refractivity contribution in [1.82, 2.24) is 10.3 Å². The quantitative estimate of drug-likeness (QED) is 0.654. The number of nitrogens with one attached hydrogen (secondary N) is 1. The predicted octanol–water partition coefficient (Wildman–Crippen LogP) is 1.69. The average Bonchev–Trinajstić information content (AvgIpc) is 2.38. The number of unbranched alkanes of at least 4 members (excludes halogenated alkanes) is 1. The third-order valence-electron chi connectivity index (χ3n) is 2.44. The highest BCUT2D eigenvalue weighted by Gasteiger charge is 2.02. The zero-order chi connectivity index (χ0) is 13.2. The van der Waals surface area contributed by atoms with Crippen molar-refractivity contribution in [2.45, 2.75) is 26.3 Å². The number of carboxylic acid groups (broad SMARTS) is 1. The highest BCUT2D eigenvalue weighted by atomic mass is 16.5. The molecule has 1 aromatic rings. The number of carboxylic acids is 1. The maximum absolute atomic E-state index is 10.6. The van der Waals surface area contributed by atoms with Crippen LogP contribution in [0.3, 0.4) is 0 Å². The summed E-state index contributed by atoms with van der Waals surface area (Å²) in [6.45, 7) is 5.02. The van der Waals surface area contributed by atoms with Gasteiger partial charge in [0.05, 0.1) is 17.9 Å². The molecule has 1 aromatic heterocycles. The maximum Gasteiger partial charge on any atom is 0.337 e. The molecule has 2 N–H and O–H groups in total. The molecule has 0 spiro atoms. The summed E-state index contributed by atoms with van der Waals surface area (Å²) in [6.07, 6.45) is 3.61. The van der Waals surface area contributed by atoms with Gasteiger partial charge < -0.3 is 15.2 Å². The minimum atomic E-state index is -0.952. The van der Waals surface area contributed by atoms with Crippen molar-refractivity contribution in [2.75, 3.05) is 19.8 Å². The fourth-order valence-corrected chi connectivity index (χ4v) is 1.36. The Morgan fingerprint density at radius 2 is 2.28 bits per heavy atom. The normalized spacial score (nSPS) is 10.5. The fourth-order valence-electron chi connectivity index (χ4n) is 1.36. The molecule has 0 unspecified atom stereocenters. The van der Waals surface area contributed by atoms with Gasteiger partial charge >= 0.3 is 5.97 Å². The van der Waals surface area contributed by atoms with Crippen LogP contribution in [0, 0.1) is 0 Å². The molecule has 100 valence electrons. The molecule has 0 aliphatic rings. The van der Waals surface area contributed by atoms with E-state index in [2.05, 4.69) is 17.2 Å². The van der Waals surface area contributed by atoms with Gasteiger partial charge in [0.25, 0.3) is 0 Å². The Balaban J connectivity index is 2.14. The van der Waals surface area contributed by atoms with E-state index in [0.717, 1.165) is 31.7 Å². The Morgan fingerprint density at radius 1 is 1.44 bits per heavy atom. The summed E-state index contributed by atoms with van der Waals surface area (Å²) in [6, 6.07) is 3.28. The molecule has 0 aliphatic carbocycles. The number of aromatic carboxylic acids is 1. The van der Waals surface area contributed by atoms with E-state index in [0.29, 0.717) is 13.2 Å². The van der Waals surface area contributed by atoms with Crippen LogP contribution in [0.1, 0.15) is 35.8 Å². The van der Waals surface area contributed by atoms with E-state index in [9.17, 15) is 4.79 Å². The van der Waals surface area contributed by atoms with Gasteiger partial charge in [0.1, 0.15) is 0 Å². The van der Waals surface area contributed by atoms with Gasteiger partial charge in [-0.15, -0.1) is 0 Å².